The third kappa shape index (κ3) is 2.13. The van der Waals surface area contributed by atoms with Gasteiger partial charge in [0.25, 0.3) is 0 Å². The van der Waals surface area contributed by atoms with E-state index in [-0.39, 0.29) is 0 Å². The molecule has 4 heteroatoms. The number of nitrogens with zero attached hydrogens (tertiary/aromatic N) is 3. The Bertz CT molecular complexity index is 422. The number of aromatic nitrogens is 2. The summed E-state index contributed by atoms with van der Waals surface area (Å²) in [5, 5.41) is 8.75. The fraction of sp³-hybridized carbons (Fsp3) is 0.583. The van der Waals surface area contributed by atoms with Gasteiger partial charge >= 0.3 is 0 Å². The van der Waals surface area contributed by atoms with Gasteiger partial charge in [-0.25, -0.2) is 9.97 Å². The fourth-order valence-corrected chi connectivity index (χ4v) is 2.36. The molecule has 0 saturated heterocycles. The van der Waals surface area contributed by atoms with Gasteiger partial charge in [-0.1, -0.05) is 19.8 Å². The average molecular weight is 216 g/mol. The molecule has 1 aliphatic rings. The highest BCUT2D eigenvalue weighted by atomic mass is 14.9. The number of anilines is 1. The Morgan fingerprint density at radius 2 is 2.31 bits per heavy atom. The number of nitriles is 1. The van der Waals surface area contributed by atoms with Crippen molar-refractivity contribution in [2.24, 2.45) is 5.92 Å². The highest BCUT2D eigenvalue weighted by Gasteiger charge is 2.22. The lowest BCUT2D eigenvalue weighted by Gasteiger charge is -2.25. The van der Waals surface area contributed by atoms with Crippen LogP contribution in [0.25, 0.3) is 0 Å². The van der Waals surface area contributed by atoms with E-state index in [1.807, 2.05) is 6.07 Å². The Kier molecular flexibility index (Phi) is 3.04. The van der Waals surface area contributed by atoms with Gasteiger partial charge in [-0.3, -0.25) is 0 Å². The summed E-state index contributed by atoms with van der Waals surface area (Å²) in [6.07, 6.45) is 6.33. The van der Waals surface area contributed by atoms with Crippen LogP contribution in [0.1, 0.15) is 49.9 Å². The lowest BCUT2D eigenvalue weighted by molar-refractivity contribution is 0.335. The minimum Gasteiger partial charge on any atom is -0.382 e. The van der Waals surface area contributed by atoms with Gasteiger partial charge in [-0.15, -0.1) is 0 Å². The van der Waals surface area contributed by atoms with E-state index in [1.54, 1.807) is 0 Å². The fourth-order valence-electron chi connectivity index (χ4n) is 2.36. The maximum atomic E-state index is 8.75. The Morgan fingerprint density at radius 3 is 2.94 bits per heavy atom. The standard InChI is InChI=1S/C12H16N4/c1-8-3-2-4-9(5-8)12-15-7-10(6-13)11(14)16-12/h7-9H,2-5H2,1H3,(H2,14,15,16). The summed E-state index contributed by atoms with van der Waals surface area (Å²) in [6.45, 7) is 2.26. The number of rotatable bonds is 1. The molecular weight excluding hydrogens is 200 g/mol. The molecule has 2 unspecified atom stereocenters. The Hall–Kier alpha value is -1.63. The van der Waals surface area contributed by atoms with Gasteiger partial charge in [0.15, 0.2) is 0 Å². The van der Waals surface area contributed by atoms with Crippen LogP contribution in [-0.4, -0.2) is 9.97 Å². The molecule has 1 aliphatic carbocycles. The smallest absolute Gasteiger partial charge is 0.145 e. The van der Waals surface area contributed by atoms with Crippen molar-refractivity contribution >= 4 is 5.82 Å². The Morgan fingerprint density at radius 1 is 1.50 bits per heavy atom. The molecule has 0 aliphatic heterocycles. The predicted molar refractivity (Wildman–Crippen MR) is 61.5 cm³/mol. The van der Waals surface area contributed by atoms with Crippen LogP contribution in [0.4, 0.5) is 5.82 Å². The summed E-state index contributed by atoms with van der Waals surface area (Å²) in [5.41, 5.74) is 6.07. The van der Waals surface area contributed by atoms with Crippen molar-refractivity contribution in [3.05, 3.63) is 17.6 Å². The van der Waals surface area contributed by atoms with Gasteiger partial charge < -0.3 is 5.73 Å². The monoisotopic (exact) mass is 216 g/mol. The van der Waals surface area contributed by atoms with E-state index in [0.717, 1.165) is 24.6 Å². The minimum atomic E-state index is 0.311. The molecule has 0 radical (unpaired) electrons. The van der Waals surface area contributed by atoms with E-state index in [0.29, 0.717) is 17.3 Å². The summed E-state index contributed by atoms with van der Waals surface area (Å²) in [6, 6.07) is 1.98. The van der Waals surface area contributed by atoms with Crippen LogP contribution >= 0.6 is 0 Å². The topological polar surface area (TPSA) is 75.6 Å². The van der Waals surface area contributed by atoms with Crippen molar-refractivity contribution in [1.82, 2.24) is 9.97 Å². The minimum absolute atomic E-state index is 0.311. The zero-order valence-corrected chi connectivity index (χ0v) is 9.48. The molecule has 2 N–H and O–H groups in total. The van der Waals surface area contributed by atoms with Gasteiger partial charge in [-0.05, 0) is 18.8 Å². The van der Waals surface area contributed by atoms with Crippen molar-refractivity contribution in [2.45, 2.75) is 38.5 Å². The van der Waals surface area contributed by atoms with Gasteiger partial charge in [0.05, 0.1) is 6.20 Å². The summed E-state index contributed by atoms with van der Waals surface area (Å²) in [5.74, 6) is 2.27. The Balaban J connectivity index is 2.21. The van der Waals surface area contributed by atoms with Crippen LogP contribution in [-0.2, 0) is 0 Å². The molecule has 84 valence electrons. The van der Waals surface area contributed by atoms with Crippen molar-refractivity contribution in [2.75, 3.05) is 5.73 Å². The average Bonchev–Trinajstić information content (AvgIpc) is 2.29. The van der Waals surface area contributed by atoms with Crippen LogP contribution in [0, 0.1) is 17.2 Å². The molecule has 0 spiro atoms. The zero-order chi connectivity index (χ0) is 11.5. The maximum Gasteiger partial charge on any atom is 0.145 e. The van der Waals surface area contributed by atoms with Crippen molar-refractivity contribution in [3.8, 4) is 6.07 Å². The van der Waals surface area contributed by atoms with Gasteiger partial charge in [0.2, 0.25) is 0 Å². The summed E-state index contributed by atoms with van der Waals surface area (Å²) in [4.78, 5) is 8.50. The Labute approximate surface area is 95.5 Å². The van der Waals surface area contributed by atoms with Crippen LogP contribution in [0.2, 0.25) is 0 Å². The van der Waals surface area contributed by atoms with Crippen LogP contribution in [0.15, 0.2) is 6.20 Å². The lowest BCUT2D eigenvalue weighted by atomic mass is 9.82. The number of nitrogen functional groups attached to an aromatic ring is 1. The number of hydrogen-bond donors (Lipinski definition) is 1. The van der Waals surface area contributed by atoms with Crippen LogP contribution in [0.5, 0.6) is 0 Å². The van der Waals surface area contributed by atoms with Crippen molar-refractivity contribution < 1.29 is 0 Å². The van der Waals surface area contributed by atoms with Gasteiger partial charge in [-0.2, -0.15) is 5.26 Å². The van der Waals surface area contributed by atoms with Crippen molar-refractivity contribution in [3.63, 3.8) is 0 Å². The van der Waals surface area contributed by atoms with Gasteiger partial charge in [0.1, 0.15) is 23.3 Å². The van der Waals surface area contributed by atoms with Crippen LogP contribution < -0.4 is 5.73 Å². The molecule has 16 heavy (non-hydrogen) atoms. The van der Waals surface area contributed by atoms with E-state index >= 15 is 0 Å². The second kappa shape index (κ2) is 4.48. The molecule has 1 saturated carbocycles. The highest BCUT2D eigenvalue weighted by Crippen LogP contribution is 2.34. The highest BCUT2D eigenvalue weighted by molar-refractivity contribution is 5.46. The molecule has 0 bridgehead atoms. The summed E-state index contributed by atoms with van der Waals surface area (Å²) in [7, 11) is 0. The first-order chi connectivity index (χ1) is 7.70. The molecule has 2 atom stereocenters. The van der Waals surface area contributed by atoms with E-state index in [1.165, 1.54) is 19.0 Å². The second-order valence-corrected chi connectivity index (χ2v) is 4.61. The van der Waals surface area contributed by atoms with E-state index < -0.39 is 0 Å². The maximum absolute atomic E-state index is 8.75. The first-order valence-electron chi connectivity index (χ1n) is 5.73. The van der Waals surface area contributed by atoms with Crippen molar-refractivity contribution in [1.29, 1.82) is 5.26 Å². The molecule has 4 nitrogen and oxygen atoms in total. The zero-order valence-electron chi connectivity index (χ0n) is 9.48. The molecule has 1 fully saturated rings. The molecule has 1 heterocycles. The normalized spacial score (nSPS) is 25.0. The van der Waals surface area contributed by atoms with E-state index in [9.17, 15) is 0 Å². The second-order valence-electron chi connectivity index (χ2n) is 4.61. The number of hydrogen-bond acceptors (Lipinski definition) is 4. The van der Waals surface area contributed by atoms with Gasteiger partial charge in [0, 0.05) is 5.92 Å². The first-order valence-corrected chi connectivity index (χ1v) is 5.73. The quantitative estimate of drug-likeness (QED) is 0.781. The number of nitrogens with two attached hydrogens (primary N) is 1. The summed E-state index contributed by atoms with van der Waals surface area (Å²) < 4.78 is 0. The first kappa shape index (κ1) is 10.9. The SMILES string of the molecule is CC1CCCC(c2ncc(C#N)c(N)n2)C1. The van der Waals surface area contributed by atoms with Crippen LogP contribution in [0.3, 0.4) is 0 Å². The molecule has 1 aromatic rings. The third-order valence-electron chi connectivity index (χ3n) is 3.26. The largest absolute Gasteiger partial charge is 0.382 e. The van der Waals surface area contributed by atoms with E-state index in [2.05, 4.69) is 16.9 Å². The van der Waals surface area contributed by atoms with E-state index in [4.69, 9.17) is 11.0 Å². The lowest BCUT2D eigenvalue weighted by Crippen LogP contribution is -2.15. The third-order valence-corrected chi connectivity index (χ3v) is 3.26. The molecule has 1 aromatic heterocycles. The summed E-state index contributed by atoms with van der Waals surface area (Å²) >= 11 is 0. The predicted octanol–water partition coefficient (Wildman–Crippen LogP) is 2.22. The molecule has 0 amide bonds. The molecule has 2 rings (SSSR count). The molecular formula is C12H16N4. The molecule has 0 aromatic carbocycles.